The molecule has 1 N–H and O–H groups in total. The van der Waals surface area contributed by atoms with E-state index in [4.69, 9.17) is 0 Å². The zero-order valence-electron chi connectivity index (χ0n) is 14.7. The number of likely N-dealkylation sites (tertiary alicyclic amines) is 1. The fraction of sp³-hybridized carbons (Fsp3) is 0.500. The van der Waals surface area contributed by atoms with E-state index in [1.165, 1.54) is 12.8 Å². The summed E-state index contributed by atoms with van der Waals surface area (Å²) in [7, 11) is 1.85. The minimum atomic E-state index is 0.730. The van der Waals surface area contributed by atoms with Crippen molar-refractivity contribution in [3.8, 4) is 5.82 Å². The molecule has 1 atom stereocenters. The van der Waals surface area contributed by atoms with Crippen molar-refractivity contribution in [2.24, 2.45) is 10.9 Å². The van der Waals surface area contributed by atoms with Gasteiger partial charge in [0.25, 0.3) is 0 Å². The third kappa shape index (κ3) is 3.75. The Morgan fingerprint density at radius 2 is 2.25 bits per heavy atom. The number of guanidine groups is 1. The van der Waals surface area contributed by atoms with Crippen molar-refractivity contribution in [1.29, 1.82) is 0 Å². The van der Waals surface area contributed by atoms with Gasteiger partial charge in [-0.3, -0.25) is 9.56 Å². The topological polar surface area (TPSA) is 58.3 Å². The van der Waals surface area contributed by atoms with Crippen LogP contribution in [0.25, 0.3) is 5.82 Å². The lowest BCUT2D eigenvalue weighted by molar-refractivity contribution is 0.266. The van der Waals surface area contributed by atoms with Gasteiger partial charge in [0.15, 0.2) is 5.96 Å². The van der Waals surface area contributed by atoms with Crippen LogP contribution in [-0.2, 0) is 6.54 Å². The molecule has 3 heterocycles. The summed E-state index contributed by atoms with van der Waals surface area (Å²) in [6.45, 7) is 7.17. The zero-order chi connectivity index (χ0) is 16.9. The molecule has 2 aromatic heterocycles. The minimum absolute atomic E-state index is 0.730. The van der Waals surface area contributed by atoms with Crippen LogP contribution in [0.1, 0.15) is 31.2 Å². The molecule has 6 heteroatoms. The van der Waals surface area contributed by atoms with Crippen molar-refractivity contribution in [3.05, 3.63) is 42.1 Å². The molecule has 1 saturated heterocycles. The van der Waals surface area contributed by atoms with Gasteiger partial charge in [0.2, 0.25) is 0 Å². The number of imidazole rings is 1. The molecule has 0 amide bonds. The third-order valence-electron chi connectivity index (χ3n) is 4.50. The molecule has 1 aliphatic rings. The van der Waals surface area contributed by atoms with Crippen LogP contribution in [0, 0.1) is 12.8 Å². The van der Waals surface area contributed by atoms with E-state index < -0.39 is 0 Å². The molecular weight excluding hydrogens is 300 g/mol. The quantitative estimate of drug-likeness (QED) is 0.695. The first kappa shape index (κ1) is 16.5. The number of aromatic nitrogens is 3. The summed E-state index contributed by atoms with van der Waals surface area (Å²) in [4.78, 5) is 15.6. The van der Waals surface area contributed by atoms with Crippen molar-refractivity contribution < 1.29 is 0 Å². The molecular formula is C18H26N6. The Bertz CT molecular complexity index is 688. The van der Waals surface area contributed by atoms with Crippen molar-refractivity contribution in [2.45, 2.75) is 33.2 Å². The molecule has 0 radical (unpaired) electrons. The van der Waals surface area contributed by atoms with Crippen LogP contribution in [0.15, 0.2) is 35.7 Å². The number of pyridine rings is 1. The normalized spacial score (nSPS) is 18.7. The molecule has 2 aromatic rings. The molecule has 0 aromatic carbocycles. The monoisotopic (exact) mass is 326 g/mol. The summed E-state index contributed by atoms with van der Waals surface area (Å²) < 4.78 is 1.98. The largest absolute Gasteiger partial charge is 0.352 e. The van der Waals surface area contributed by atoms with Gasteiger partial charge in [-0.1, -0.05) is 13.0 Å². The molecule has 0 aliphatic carbocycles. The van der Waals surface area contributed by atoms with Gasteiger partial charge in [-0.25, -0.2) is 9.97 Å². The Labute approximate surface area is 143 Å². The first-order valence-electron chi connectivity index (χ1n) is 8.58. The molecule has 1 unspecified atom stereocenters. The van der Waals surface area contributed by atoms with E-state index >= 15 is 0 Å². The number of nitrogens with zero attached hydrogens (tertiary/aromatic N) is 5. The average Bonchev–Trinajstić information content (AvgIpc) is 3.02. The van der Waals surface area contributed by atoms with Crippen LogP contribution in [0.3, 0.4) is 0 Å². The molecule has 0 spiro atoms. The predicted octanol–water partition coefficient (Wildman–Crippen LogP) is 2.38. The highest BCUT2D eigenvalue weighted by molar-refractivity contribution is 5.79. The second-order valence-electron chi connectivity index (χ2n) is 6.46. The van der Waals surface area contributed by atoms with E-state index in [1.807, 2.05) is 37.0 Å². The summed E-state index contributed by atoms with van der Waals surface area (Å²) in [6.07, 6.45) is 8.17. The van der Waals surface area contributed by atoms with Crippen molar-refractivity contribution in [3.63, 3.8) is 0 Å². The van der Waals surface area contributed by atoms with Gasteiger partial charge in [0, 0.05) is 45.3 Å². The number of hydrogen-bond donors (Lipinski definition) is 1. The molecule has 0 saturated carbocycles. The van der Waals surface area contributed by atoms with Gasteiger partial charge in [-0.05, 0) is 37.3 Å². The van der Waals surface area contributed by atoms with Crippen LogP contribution in [-0.4, -0.2) is 45.5 Å². The highest BCUT2D eigenvalue weighted by Gasteiger charge is 2.18. The van der Waals surface area contributed by atoms with E-state index in [1.54, 1.807) is 6.20 Å². The van der Waals surface area contributed by atoms with Crippen molar-refractivity contribution >= 4 is 5.96 Å². The molecule has 1 aliphatic heterocycles. The number of aryl methyl sites for hydroxylation is 1. The van der Waals surface area contributed by atoms with Crippen molar-refractivity contribution in [1.82, 2.24) is 24.8 Å². The lowest BCUT2D eigenvalue weighted by atomic mass is 10.0. The first-order valence-corrected chi connectivity index (χ1v) is 8.58. The number of rotatable bonds is 3. The Morgan fingerprint density at radius 1 is 1.38 bits per heavy atom. The third-order valence-corrected chi connectivity index (χ3v) is 4.50. The van der Waals surface area contributed by atoms with Gasteiger partial charge in [-0.15, -0.1) is 0 Å². The standard InChI is InChI=1S/C18H26N6/c1-14-5-4-9-23(13-14)18(19-3)22-12-16-6-7-17(21-11-16)24-10-8-20-15(24)2/h6-8,10-11,14H,4-5,9,12-13H2,1-3H3,(H,19,22). The Balaban J connectivity index is 1.61. The molecule has 24 heavy (non-hydrogen) atoms. The fourth-order valence-corrected chi connectivity index (χ4v) is 3.18. The maximum Gasteiger partial charge on any atom is 0.193 e. The Morgan fingerprint density at radius 3 is 2.88 bits per heavy atom. The van der Waals surface area contributed by atoms with E-state index in [0.717, 1.165) is 48.7 Å². The lowest BCUT2D eigenvalue weighted by Gasteiger charge is -2.33. The SMILES string of the molecule is CN=C(NCc1ccc(-n2ccnc2C)nc1)N1CCCC(C)C1. The van der Waals surface area contributed by atoms with Gasteiger partial charge < -0.3 is 10.2 Å². The number of piperidine rings is 1. The van der Waals surface area contributed by atoms with Crippen LogP contribution in [0.2, 0.25) is 0 Å². The summed E-state index contributed by atoms with van der Waals surface area (Å²) >= 11 is 0. The highest BCUT2D eigenvalue weighted by atomic mass is 15.3. The number of hydrogen-bond acceptors (Lipinski definition) is 3. The predicted molar refractivity (Wildman–Crippen MR) is 96.3 cm³/mol. The second kappa shape index (κ2) is 7.47. The van der Waals surface area contributed by atoms with Gasteiger partial charge in [0.05, 0.1) is 0 Å². The van der Waals surface area contributed by atoms with Crippen molar-refractivity contribution in [2.75, 3.05) is 20.1 Å². The maximum atomic E-state index is 4.54. The number of nitrogens with one attached hydrogen (secondary N) is 1. The summed E-state index contributed by atoms with van der Waals surface area (Å²) in [5.74, 6) is 3.55. The highest BCUT2D eigenvalue weighted by Crippen LogP contribution is 2.15. The minimum Gasteiger partial charge on any atom is -0.352 e. The maximum absolute atomic E-state index is 4.54. The Kier molecular flexibility index (Phi) is 5.13. The second-order valence-corrected chi connectivity index (χ2v) is 6.46. The average molecular weight is 326 g/mol. The first-order chi connectivity index (χ1) is 11.7. The van der Waals surface area contributed by atoms with Crippen LogP contribution in [0.5, 0.6) is 0 Å². The molecule has 128 valence electrons. The van der Waals surface area contributed by atoms with Crippen LogP contribution in [0.4, 0.5) is 0 Å². The van der Waals surface area contributed by atoms with Crippen LogP contribution < -0.4 is 5.32 Å². The summed E-state index contributed by atoms with van der Waals surface area (Å²) in [6, 6.07) is 4.12. The lowest BCUT2D eigenvalue weighted by Crippen LogP contribution is -2.45. The Hall–Kier alpha value is -2.37. The van der Waals surface area contributed by atoms with E-state index in [0.29, 0.717) is 0 Å². The summed E-state index contributed by atoms with van der Waals surface area (Å²) in [5.41, 5.74) is 1.14. The smallest absolute Gasteiger partial charge is 0.193 e. The van der Waals surface area contributed by atoms with E-state index in [9.17, 15) is 0 Å². The summed E-state index contributed by atoms with van der Waals surface area (Å²) in [5, 5.41) is 3.46. The molecule has 0 bridgehead atoms. The number of aliphatic imine (C=N–C) groups is 1. The van der Waals surface area contributed by atoms with Crippen LogP contribution >= 0.6 is 0 Å². The van der Waals surface area contributed by atoms with Gasteiger partial charge in [-0.2, -0.15) is 0 Å². The van der Waals surface area contributed by atoms with Gasteiger partial charge >= 0.3 is 0 Å². The zero-order valence-corrected chi connectivity index (χ0v) is 14.7. The molecule has 1 fully saturated rings. The van der Waals surface area contributed by atoms with E-state index in [-0.39, 0.29) is 0 Å². The molecule has 6 nitrogen and oxygen atoms in total. The fourth-order valence-electron chi connectivity index (χ4n) is 3.18. The molecule has 3 rings (SSSR count). The van der Waals surface area contributed by atoms with E-state index in [2.05, 4.69) is 38.2 Å². The van der Waals surface area contributed by atoms with Gasteiger partial charge in [0.1, 0.15) is 11.6 Å².